The van der Waals surface area contributed by atoms with Gasteiger partial charge in [0.25, 0.3) is 0 Å². The minimum atomic E-state index is -4.28. The summed E-state index contributed by atoms with van der Waals surface area (Å²) in [6.45, 7) is 4.51. The normalized spacial score (nSPS) is 14.1. The molecule has 1 unspecified atom stereocenters. The van der Waals surface area contributed by atoms with Gasteiger partial charge >= 0.3 is 12.1 Å². The van der Waals surface area contributed by atoms with Crippen molar-refractivity contribution < 1.29 is 22.7 Å². The fourth-order valence-electron chi connectivity index (χ4n) is 1.53. The summed E-state index contributed by atoms with van der Waals surface area (Å²) in [5.74, 6) is -0.551. The Balaban J connectivity index is 4.66. The average Bonchev–Trinajstić information content (AvgIpc) is 2.24. The second-order valence-electron chi connectivity index (χ2n) is 4.27. The molecule has 108 valence electrons. The van der Waals surface area contributed by atoms with Crippen LogP contribution in [-0.4, -0.2) is 55.9 Å². The fraction of sp³-hybridized carbons (Fsp3) is 0.909. The van der Waals surface area contributed by atoms with Crippen molar-refractivity contribution in [3.8, 4) is 0 Å². The van der Waals surface area contributed by atoms with Gasteiger partial charge in [-0.1, -0.05) is 6.92 Å². The molecule has 0 radical (unpaired) electrons. The summed E-state index contributed by atoms with van der Waals surface area (Å²) in [7, 11) is 1.22. The number of nitrogens with zero attached hydrogens (tertiary/aromatic N) is 1. The van der Waals surface area contributed by atoms with E-state index in [1.165, 1.54) is 12.0 Å². The Labute approximate surface area is 105 Å². The molecule has 1 atom stereocenters. The smallest absolute Gasteiger partial charge is 0.401 e. The number of likely N-dealkylation sites (N-methyl/N-ethyl adjacent to an activating group) is 1. The zero-order chi connectivity index (χ0) is 14.3. The monoisotopic (exact) mass is 270 g/mol. The lowest BCUT2D eigenvalue weighted by Gasteiger charge is -2.30. The van der Waals surface area contributed by atoms with Gasteiger partial charge in [0.2, 0.25) is 0 Å². The van der Waals surface area contributed by atoms with Crippen LogP contribution in [0.4, 0.5) is 13.2 Å². The molecule has 7 heteroatoms. The van der Waals surface area contributed by atoms with Crippen molar-refractivity contribution >= 4 is 5.97 Å². The highest BCUT2D eigenvalue weighted by molar-refractivity contribution is 5.75. The number of hydrogen-bond donors (Lipinski definition) is 1. The Kier molecular flexibility index (Phi) is 7.23. The van der Waals surface area contributed by atoms with E-state index >= 15 is 0 Å². The molecule has 0 bridgehead atoms. The van der Waals surface area contributed by atoms with Crippen LogP contribution < -0.4 is 5.32 Å². The standard InChI is InChI=1S/C11H21F3N2O2/c1-5-15-9(10(17)18-4)6-16(8(2)3)7-11(12,13)14/h8-9,15H,5-7H2,1-4H3. The van der Waals surface area contributed by atoms with Gasteiger partial charge in [0.15, 0.2) is 0 Å². The third-order valence-electron chi connectivity index (χ3n) is 2.47. The van der Waals surface area contributed by atoms with Gasteiger partial charge < -0.3 is 10.1 Å². The highest BCUT2D eigenvalue weighted by Gasteiger charge is 2.34. The van der Waals surface area contributed by atoms with Crippen LogP contribution in [0, 0.1) is 0 Å². The first-order chi connectivity index (χ1) is 8.21. The van der Waals surface area contributed by atoms with Gasteiger partial charge in [-0.2, -0.15) is 13.2 Å². The van der Waals surface area contributed by atoms with Gasteiger partial charge in [0, 0.05) is 12.6 Å². The van der Waals surface area contributed by atoms with Crippen molar-refractivity contribution in [3.05, 3.63) is 0 Å². The van der Waals surface area contributed by atoms with E-state index in [1.807, 2.05) is 0 Å². The molecule has 18 heavy (non-hydrogen) atoms. The number of carbonyl (C=O) groups is 1. The SMILES string of the molecule is CCNC(CN(CC(F)(F)F)C(C)C)C(=O)OC. The Hall–Kier alpha value is -0.820. The molecule has 0 saturated heterocycles. The molecule has 0 aromatic heterocycles. The predicted molar refractivity (Wildman–Crippen MR) is 62.2 cm³/mol. The van der Waals surface area contributed by atoms with Crippen LogP contribution in [-0.2, 0) is 9.53 Å². The van der Waals surface area contributed by atoms with Crippen LogP contribution in [0.2, 0.25) is 0 Å². The van der Waals surface area contributed by atoms with E-state index in [0.717, 1.165) is 0 Å². The molecule has 0 heterocycles. The van der Waals surface area contributed by atoms with Gasteiger partial charge in [-0.15, -0.1) is 0 Å². The van der Waals surface area contributed by atoms with Gasteiger partial charge in [-0.25, -0.2) is 0 Å². The average molecular weight is 270 g/mol. The molecule has 0 aliphatic heterocycles. The van der Waals surface area contributed by atoms with Crippen LogP contribution in [0.25, 0.3) is 0 Å². The van der Waals surface area contributed by atoms with E-state index in [1.54, 1.807) is 20.8 Å². The number of alkyl halides is 3. The van der Waals surface area contributed by atoms with E-state index < -0.39 is 24.7 Å². The summed E-state index contributed by atoms with van der Waals surface area (Å²) >= 11 is 0. The molecule has 0 amide bonds. The Morgan fingerprint density at radius 3 is 2.28 bits per heavy atom. The van der Waals surface area contributed by atoms with Crippen LogP contribution in [0.15, 0.2) is 0 Å². The molecule has 0 aliphatic rings. The quantitative estimate of drug-likeness (QED) is 0.710. The van der Waals surface area contributed by atoms with E-state index in [2.05, 4.69) is 10.1 Å². The molecule has 0 rings (SSSR count). The lowest BCUT2D eigenvalue weighted by molar-refractivity contribution is -0.155. The molecule has 0 aromatic rings. The molecule has 0 aromatic carbocycles. The minimum absolute atomic E-state index is 0.0301. The highest BCUT2D eigenvalue weighted by Crippen LogP contribution is 2.18. The maximum Gasteiger partial charge on any atom is 0.401 e. The topological polar surface area (TPSA) is 41.6 Å². The number of halogens is 3. The lowest BCUT2D eigenvalue weighted by Crippen LogP contribution is -2.50. The van der Waals surface area contributed by atoms with Crippen molar-refractivity contribution in [2.45, 2.75) is 39.0 Å². The van der Waals surface area contributed by atoms with E-state index in [9.17, 15) is 18.0 Å². The van der Waals surface area contributed by atoms with Gasteiger partial charge in [0.1, 0.15) is 6.04 Å². The number of rotatable bonds is 7. The summed E-state index contributed by atoms with van der Waals surface area (Å²) in [5.41, 5.74) is 0. The van der Waals surface area contributed by atoms with Crippen molar-refractivity contribution in [1.82, 2.24) is 10.2 Å². The molecule has 4 nitrogen and oxygen atoms in total. The first-order valence-corrected chi connectivity index (χ1v) is 5.83. The van der Waals surface area contributed by atoms with Crippen molar-refractivity contribution in [2.24, 2.45) is 0 Å². The Morgan fingerprint density at radius 2 is 1.94 bits per heavy atom. The second kappa shape index (κ2) is 7.58. The van der Waals surface area contributed by atoms with Crippen molar-refractivity contribution in [1.29, 1.82) is 0 Å². The lowest BCUT2D eigenvalue weighted by atomic mass is 10.2. The fourth-order valence-corrected chi connectivity index (χ4v) is 1.53. The van der Waals surface area contributed by atoms with Crippen molar-refractivity contribution in [2.75, 3.05) is 26.7 Å². The van der Waals surface area contributed by atoms with Gasteiger partial charge in [-0.3, -0.25) is 9.69 Å². The second-order valence-corrected chi connectivity index (χ2v) is 4.27. The van der Waals surface area contributed by atoms with E-state index in [4.69, 9.17) is 0 Å². The minimum Gasteiger partial charge on any atom is -0.468 e. The molecule has 0 fully saturated rings. The summed E-state index contributed by atoms with van der Waals surface area (Å²) in [6.07, 6.45) is -4.28. The Morgan fingerprint density at radius 1 is 1.39 bits per heavy atom. The number of carbonyl (C=O) groups excluding carboxylic acids is 1. The zero-order valence-corrected chi connectivity index (χ0v) is 11.2. The Bertz CT molecular complexity index is 257. The molecular weight excluding hydrogens is 249 g/mol. The van der Waals surface area contributed by atoms with Crippen molar-refractivity contribution in [3.63, 3.8) is 0 Å². The van der Waals surface area contributed by atoms with Gasteiger partial charge in [-0.05, 0) is 20.4 Å². The number of esters is 1. The van der Waals surface area contributed by atoms with Crippen LogP contribution >= 0.6 is 0 Å². The molecule has 1 N–H and O–H groups in total. The van der Waals surface area contributed by atoms with Crippen LogP contribution in [0.5, 0.6) is 0 Å². The third-order valence-corrected chi connectivity index (χ3v) is 2.47. The third kappa shape index (κ3) is 6.80. The van der Waals surface area contributed by atoms with Crippen LogP contribution in [0.3, 0.4) is 0 Å². The predicted octanol–water partition coefficient (Wildman–Crippen LogP) is 1.41. The van der Waals surface area contributed by atoms with Crippen LogP contribution in [0.1, 0.15) is 20.8 Å². The summed E-state index contributed by atoms with van der Waals surface area (Å²) in [5, 5.41) is 2.82. The molecule has 0 saturated carbocycles. The molecule has 0 aliphatic carbocycles. The number of nitrogens with one attached hydrogen (secondary N) is 1. The molecular formula is C11H21F3N2O2. The number of ether oxygens (including phenoxy) is 1. The first kappa shape index (κ1) is 17.2. The summed E-state index contributed by atoms with van der Waals surface area (Å²) < 4.78 is 41.8. The summed E-state index contributed by atoms with van der Waals surface area (Å²) in [6, 6.07) is -1.05. The zero-order valence-electron chi connectivity index (χ0n) is 11.2. The van der Waals surface area contributed by atoms with E-state index in [-0.39, 0.29) is 12.6 Å². The first-order valence-electron chi connectivity index (χ1n) is 5.83. The number of hydrogen-bond acceptors (Lipinski definition) is 4. The highest BCUT2D eigenvalue weighted by atomic mass is 19.4. The van der Waals surface area contributed by atoms with E-state index in [0.29, 0.717) is 6.54 Å². The largest absolute Gasteiger partial charge is 0.468 e. The summed E-state index contributed by atoms with van der Waals surface area (Å²) in [4.78, 5) is 12.6. The maximum atomic E-state index is 12.4. The maximum absolute atomic E-state index is 12.4. The van der Waals surface area contributed by atoms with Gasteiger partial charge in [0.05, 0.1) is 13.7 Å². The molecule has 0 spiro atoms. The number of methoxy groups -OCH3 is 1.